The normalized spacial score (nSPS) is 12.2. The Kier molecular flexibility index (Phi) is 8.13. The van der Waals surface area contributed by atoms with Crippen molar-refractivity contribution in [3.05, 3.63) is 108 Å². The molecule has 4 aromatic rings. The molecule has 3 aromatic carbocycles. The first kappa shape index (κ1) is 24.7. The summed E-state index contributed by atoms with van der Waals surface area (Å²) in [7, 11) is 0. The molecule has 36 heavy (non-hydrogen) atoms. The van der Waals surface area contributed by atoms with Gasteiger partial charge in [-0.15, -0.1) is 0 Å². The molecule has 0 aliphatic carbocycles. The predicted molar refractivity (Wildman–Crippen MR) is 137 cm³/mol. The van der Waals surface area contributed by atoms with Crippen molar-refractivity contribution in [3.63, 3.8) is 0 Å². The van der Waals surface area contributed by atoms with Gasteiger partial charge in [-0.2, -0.15) is 0 Å². The van der Waals surface area contributed by atoms with E-state index in [1.54, 1.807) is 6.92 Å². The zero-order valence-corrected chi connectivity index (χ0v) is 20.3. The number of carboxylic acids is 1. The molecule has 4 rings (SSSR count). The summed E-state index contributed by atoms with van der Waals surface area (Å²) < 4.78 is 11.9. The predicted octanol–water partition coefficient (Wildman–Crippen LogP) is 6.26. The van der Waals surface area contributed by atoms with Crippen LogP contribution in [0.4, 0.5) is 0 Å². The average Bonchev–Trinajstić information content (AvgIpc) is 3.28. The highest BCUT2D eigenvalue weighted by atomic mass is 16.6. The number of rotatable bonds is 11. The number of aromatic nitrogens is 1. The van der Waals surface area contributed by atoms with Crippen molar-refractivity contribution in [1.29, 1.82) is 0 Å². The van der Waals surface area contributed by atoms with Gasteiger partial charge in [0.25, 0.3) is 0 Å². The number of carbonyl (C=O) groups is 1. The van der Waals surface area contributed by atoms with Crippen molar-refractivity contribution in [2.24, 2.45) is 11.1 Å². The summed E-state index contributed by atoms with van der Waals surface area (Å²) in [6.07, 6.45) is 0.257. The van der Waals surface area contributed by atoms with Crippen molar-refractivity contribution < 1.29 is 23.9 Å². The van der Waals surface area contributed by atoms with Crippen LogP contribution in [0, 0.1) is 12.8 Å². The Bertz CT molecular complexity index is 1320. The molecule has 0 amide bonds. The van der Waals surface area contributed by atoms with E-state index in [2.05, 4.69) is 10.1 Å². The first-order valence-corrected chi connectivity index (χ1v) is 11.7. The van der Waals surface area contributed by atoms with Crippen LogP contribution in [-0.4, -0.2) is 21.8 Å². The highest BCUT2D eigenvalue weighted by Crippen LogP contribution is 2.24. The van der Waals surface area contributed by atoms with E-state index in [9.17, 15) is 9.90 Å². The monoisotopic (exact) mass is 484 g/mol. The van der Waals surface area contributed by atoms with Gasteiger partial charge in [0.15, 0.2) is 0 Å². The highest BCUT2D eigenvalue weighted by Gasteiger charge is 2.17. The molecule has 0 fully saturated rings. The molecule has 0 aliphatic heterocycles. The molecule has 0 bridgehead atoms. The van der Waals surface area contributed by atoms with Crippen molar-refractivity contribution in [2.45, 2.75) is 33.5 Å². The number of oxime groups is 1. The van der Waals surface area contributed by atoms with Gasteiger partial charge in [-0.05, 0) is 30.7 Å². The van der Waals surface area contributed by atoms with Gasteiger partial charge in [-0.25, -0.2) is 4.98 Å². The molecule has 0 saturated heterocycles. The third kappa shape index (κ3) is 6.39. The second kappa shape index (κ2) is 11.8. The van der Waals surface area contributed by atoms with Crippen LogP contribution in [-0.2, 0) is 22.8 Å². The van der Waals surface area contributed by atoms with Gasteiger partial charge in [0.05, 0.1) is 11.6 Å². The summed E-state index contributed by atoms with van der Waals surface area (Å²) in [6.45, 7) is 3.93. The Morgan fingerprint density at radius 2 is 1.64 bits per heavy atom. The van der Waals surface area contributed by atoms with Crippen LogP contribution in [0.1, 0.15) is 35.9 Å². The highest BCUT2D eigenvalue weighted by molar-refractivity contribution is 6.01. The molecule has 0 spiro atoms. The molecular weight excluding hydrogens is 456 g/mol. The summed E-state index contributed by atoms with van der Waals surface area (Å²) in [6, 6.07) is 26.7. The lowest BCUT2D eigenvalue weighted by atomic mass is 9.99. The molecule has 184 valence electrons. The van der Waals surface area contributed by atoms with Gasteiger partial charge in [-0.1, -0.05) is 78.8 Å². The fourth-order valence-corrected chi connectivity index (χ4v) is 3.57. The Hall–Kier alpha value is -4.39. The number of oxazole rings is 1. The second-order valence-corrected chi connectivity index (χ2v) is 8.41. The number of aliphatic carboxylic acids is 1. The number of carboxylic acid groups (broad SMARTS) is 1. The minimum Gasteiger partial charge on any atom is -0.487 e. The molecule has 1 N–H and O–H groups in total. The van der Waals surface area contributed by atoms with Crippen LogP contribution in [0.3, 0.4) is 0 Å². The van der Waals surface area contributed by atoms with Crippen molar-refractivity contribution in [2.75, 3.05) is 0 Å². The fraction of sp³-hybridized carbons (Fsp3) is 0.207. The maximum absolute atomic E-state index is 11.4. The van der Waals surface area contributed by atoms with Crippen LogP contribution >= 0.6 is 0 Å². The summed E-state index contributed by atoms with van der Waals surface area (Å²) in [4.78, 5) is 21.6. The van der Waals surface area contributed by atoms with Crippen LogP contribution in [0.15, 0.2) is 94.5 Å². The molecule has 7 nitrogen and oxygen atoms in total. The van der Waals surface area contributed by atoms with E-state index in [1.165, 1.54) is 0 Å². The third-order valence-corrected chi connectivity index (χ3v) is 5.67. The summed E-state index contributed by atoms with van der Waals surface area (Å²) >= 11 is 0. The lowest BCUT2D eigenvalue weighted by molar-refractivity contribution is -0.140. The van der Waals surface area contributed by atoms with Crippen LogP contribution in [0.5, 0.6) is 5.75 Å². The van der Waals surface area contributed by atoms with E-state index in [0.717, 1.165) is 22.4 Å². The lowest BCUT2D eigenvalue weighted by Crippen LogP contribution is -2.15. The largest absolute Gasteiger partial charge is 0.487 e. The molecule has 1 atom stereocenters. The number of nitrogens with zero attached hydrogens (tertiary/aromatic N) is 2. The van der Waals surface area contributed by atoms with E-state index in [-0.39, 0.29) is 19.6 Å². The molecule has 0 radical (unpaired) electrons. The summed E-state index contributed by atoms with van der Waals surface area (Å²) in [5.74, 6) is 0.441. The number of benzene rings is 3. The van der Waals surface area contributed by atoms with Crippen molar-refractivity contribution in [3.8, 4) is 17.2 Å². The van der Waals surface area contributed by atoms with Gasteiger partial charge >= 0.3 is 5.97 Å². The maximum atomic E-state index is 11.4. The molecule has 0 saturated carbocycles. The Morgan fingerprint density at radius 3 is 2.36 bits per heavy atom. The first-order chi connectivity index (χ1) is 17.5. The number of aryl methyl sites for hydroxylation is 1. The van der Waals surface area contributed by atoms with E-state index in [4.69, 9.17) is 14.0 Å². The van der Waals surface area contributed by atoms with Crippen LogP contribution in [0.25, 0.3) is 11.5 Å². The smallest absolute Gasteiger partial charge is 0.306 e. The van der Waals surface area contributed by atoms with Gasteiger partial charge in [-0.3, -0.25) is 4.79 Å². The lowest BCUT2D eigenvalue weighted by Gasteiger charge is -2.12. The summed E-state index contributed by atoms with van der Waals surface area (Å²) in [5, 5.41) is 13.6. The first-order valence-electron chi connectivity index (χ1n) is 11.7. The molecule has 1 unspecified atom stereocenters. The topological polar surface area (TPSA) is 94.2 Å². The van der Waals surface area contributed by atoms with Crippen molar-refractivity contribution in [1.82, 2.24) is 4.98 Å². The van der Waals surface area contributed by atoms with Crippen LogP contribution < -0.4 is 4.74 Å². The maximum Gasteiger partial charge on any atom is 0.306 e. The Morgan fingerprint density at radius 1 is 0.972 bits per heavy atom. The summed E-state index contributed by atoms with van der Waals surface area (Å²) in [5.41, 5.74) is 3.84. The second-order valence-electron chi connectivity index (χ2n) is 8.41. The number of para-hydroxylation sites is 1. The van der Waals surface area contributed by atoms with E-state index >= 15 is 0 Å². The number of ether oxygens (including phenoxy) is 1. The van der Waals surface area contributed by atoms with E-state index < -0.39 is 11.9 Å². The molecule has 1 aromatic heterocycles. The van der Waals surface area contributed by atoms with Gasteiger partial charge in [0, 0.05) is 17.5 Å². The Balaban J connectivity index is 1.44. The minimum atomic E-state index is -0.879. The van der Waals surface area contributed by atoms with Gasteiger partial charge in [0.2, 0.25) is 5.89 Å². The zero-order chi connectivity index (χ0) is 25.3. The van der Waals surface area contributed by atoms with E-state index in [0.29, 0.717) is 23.1 Å². The Labute approximate surface area is 210 Å². The standard InChI is InChI=1S/C29H28N2O5/c1-20(29(32)33)17-25(22-11-5-3-6-12-22)31-35-18-24-15-9-10-16-27(24)34-19-26-21(2)36-28(30-26)23-13-7-4-8-14-23/h3-16,20H,17-19H2,1-2H3,(H,32,33). The third-order valence-electron chi connectivity index (χ3n) is 5.67. The van der Waals surface area contributed by atoms with Gasteiger partial charge < -0.3 is 19.1 Å². The molecule has 0 aliphatic rings. The minimum absolute atomic E-state index is 0.168. The SMILES string of the molecule is Cc1oc(-c2ccccc2)nc1COc1ccccc1CON=C(CC(C)C(=O)O)c1ccccc1. The average molecular weight is 485 g/mol. The van der Waals surface area contributed by atoms with Crippen molar-refractivity contribution >= 4 is 11.7 Å². The van der Waals surface area contributed by atoms with E-state index in [1.807, 2.05) is 91.9 Å². The molecular formula is C29H28N2O5. The molecule has 7 heteroatoms. The number of hydrogen-bond donors (Lipinski definition) is 1. The fourth-order valence-electron chi connectivity index (χ4n) is 3.57. The zero-order valence-electron chi connectivity index (χ0n) is 20.3. The van der Waals surface area contributed by atoms with Crippen LogP contribution in [0.2, 0.25) is 0 Å². The molecule has 1 heterocycles. The van der Waals surface area contributed by atoms with Gasteiger partial charge in [0.1, 0.15) is 30.4 Å². The quantitative estimate of drug-likeness (QED) is 0.199. The number of hydrogen-bond acceptors (Lipinski definition) is 6.